The summed E-state index contributed by atoms with van der Waals surface area (Å²) in [6.07, 6.45) is 0.395. The standard InChI is InChI=1S/C19H26N4O2/c1-15(2)14-17(24)21-18(16-6-4-3-5-7-16)19(25)23-12-10-22(9-8-20)11-13-23/h3-7,15,18H,9-14H2,1-2H3,(H,21,24)/t18-/m1/s1. The van der Waals surface area contributed by atoms with Gasteiger partial charge in [0.05, 0.1) is 12.6 Å². The number of nitrogens with one attached hydrogen (secondary N) is 1. The molecule has 1 aromatic rings. The Bertz CT molecular complexity index is 616. The maximum Gasteiger partial charge on any atom is 0.249 e. The molecule has 1 aromatic carbocycles. The molecule has 1 fully saturated rings. The summed E-state index contributed by atoms with van der Waals surface area (Å²) in [5.74, 6) is 0.0429. The lowest BCUT2D eigenvalue weighted by molar-refractivity contribution is -0.138. The maximum atomic E-state index is 13.0. The summed E-state index contributed by atoms with van der Waals surface area (Å²) in [5, 5.41) is 11.7. The van der Waals surface area contributed by atoms with Crippen LogP contribution in [0.5, 0.6) is 0 Å². The van der Waals surface area contributed by atoms with Crippen LogP contribution in [-0.2, 0) is 9.59 Å². The van der Waals surface area contributed by atoms with Crippen molar-refractivity contribution in [1.29, 1.82) is 5.26 Å². The van der Waals surface area contributed by atoms with Crippen LogP contribution in [0.25, 0.3) is 0 Å². The van der Waals surface area contributed by atoms with Gasteiger partial charge >= 0.3 is 0 Å². The summed E-state index contributed by atoms with van der Waals surface area (Å²) in [6.45, 7) is 6.85. The van der Waals surface area contributed by atoms with Crippen LogP contribution in [0.2, 0.25) is 0 Å². The van der Waals surface area contributed by atoms with E-state index >= 15 is 0 Å². The molecule has 1 saturated heterocycles. The Labute approximate surface area is 149 Å². The van der Waals surface area contributed by atoms with Crippen LogP contribution in [0, 0.1) is 17.2 Å². The zero-order valence-electron chi connectivity index (χ0n) is 14.9. The molecule has 1 atom stereocenters. The molecule has 0 radical (unpaired) electrons. The Kier molecular flexibility index (Phi) is 6.96. The molecular formula is C19H26N4O2. The van der Waals surface area contributed by atoms with Gasteiger partial charge in [0.1, 0.15) is 6.04 Å². The second-order valence-corrected chi connectivity index (χ2v) is 6.77. The number of hydrogen-bond donors (Lipinski definition) is 1. The largest absolute Gasteiger partial charge is 0.341 e. The Morgan fingerprint density at radius 2 is 1.80 bits per heavy atom. The Hall–Kier alpha value is -2.39. The molecule has 1 heterocycles. The van der Waals surface area contributed by atoms with Gasteiger partial charge in [-0.1, -0.05) is 44.2 Å². The second-order valence-electron chi connectivity index (χ2n) is 6.77. The van der Waals surface area contributed by atoms with Crippen molar-refractivity contribution >= 4 is 11.8 Å². The summed E-state index contributed by atoms with van der Waals surface area (Å²) in [4.78, 5) is 29.1. The van der Waals surface area contributed by atoms with Crippen molar-refractivity contribution < 1.29 is 9.59 Å². The highest BCUT2D eigenvalue weighted by molar-refractivity contribution is 5.88. The Balaban J connectivity index is 2.08. The van der Waals surface area contributed by atoms with Crippen molar-refractivity contribution in [1.82, 2.24) is 15.1 Å². The molecule has 2 rings (SSSR count). The van der Waals surface area contributed by atoms with Gasteiger partial charge in [-0.05, 0) is 11.5 Å². The van der Waals surface area contributed by atoms with Crippen molar-refractivity contribution in [3.63, 3.8) is 0 Å². The normalized spacial score (nSPS) is 16.3. The fraction of sp³-hybridized carbons (Fsp3) is 0.526. The zero-order valence-corrected chi connectivity index (χ0v) is 14.9. The van der Waals surface area contributed by atoms with Gasteiger partial charge in [0.2, 0.25) is 11.8 Å². The van der Waals surface area contributed by atoms with Crippen LogP contribution in [0.3, 0.4) is 0 Å². The molecule has 1 aliphatic rings. The van der Waals surface area contributed by atoms with Crippen molar-refractivity contribution in [3.8, 4) is 6.07 Å². The smallest absolute Gasteiger partial charge is 0.249 e. The van der Waals surface area contributed by atoms with E-state index in [1.807, 2.05) is 49.1 Å². The fourth-order valence-electron chi connectivity index (χ4n) is 2.93. The molecule has 0 bridgehead atoms. The molecule has 134 valence electrons. The third-order valence-electron chi connectivity index (χ3n) is 4.26. The van der Waals surface area contributed by atoms with E-state index in [0.29, 0.717) is 39.1 Å². The van der Waals surface area contributed by atoms with Crippen molar-refractivity contribution in [2.45, 2.75) is 26.3 Å². The van der Waals surface area contributed by atoms with Crippen LogP contribution in [-0.4, -0.2) is 54.3 Å². The van der Waals surface area contributed by atoms with Crippen molar-refractivity contribution in [3.05, 3.63) is 35.9 Å². The molecule has 0 unspecified atom stereocenters. The Morgan fingerprint density at radius 1 is 1.16 bits per heavy atom. The molecule has 0 saturated carbocycles. The lowest BCUT2D eigenvalue weighted by Gasteiger charge is -2.35. The molecule has 6 nitrogen and oxygen atoms in total. The van der Waals surface area contributed by atoms with Gasteiger partial charge in [-0.25, -0.2) is 0 Å². The first-order valence-corrected chi connectivity index (χ1v) is 8.73. The van der Waals surface area contributed by atoms with Gasteiger partial charge in [0.25, 0.3) is 0 Å². The number of nitrogens with zero attached hydrogens (tertiary/aromatic N) is 3. The second kappa shape index (κ2) is 9.19. The number of benzene rings is 1. The van der Waals surface area contributed by atoms with E-state index in [1.54, 1.807) is 4.90 Å². The number of hydrogen-bond acceptors (Lipinski definition) is 4. The van der Waals surface area contributed by atoms with Gasteiger partial charge in [-0.15, -0.1) is 0 Å². The van der Waals surface area contributed by atoms with Crippen molar-refractivity contribution in [2.24, 2.45) is 5.92 Å². The average Bonchev–Trinajstić information content (AvgIpc) is 2.60. The zero-order chi connectivity index (χ0) is 18.2. The SMILES string of the molecule is CC(C)CC(=O)N[C@@H](C(=O)N1CCN(CC#N)CC1)c1ccccc1. The molecule has 0 spiro atoms. The minimum Gasteiger partial charge on any atom is -0.341 e. The van der Waals surface area contributed by atoms with Gasteiger partial charge in [0.15, 0.2) is 0 Å². The molecule has 25 heavy (non-hydrogen) atoms. The average molecular weight is 342 g/mol. The topological polar surface area (TPSA) is 76.4 Å². The van der Waals surface area contributed by atoms with E-state index in [0.717, 1.165) is 5.56 Å². The number of carbonyl (C=O) groups excluding carboxylic acids is 2. The monoisotopic (exact) mass is 342 g/mol. The molecule has 6 heteroatoms. The molecule has 0 aliphatic carbocycles. The van der Waals surface area contributed by atoms with Gasteiger partial charge in [-0.3, -0.25) is 14.5 Å². The third kappa shape index (κ3) is 5.57. The number of amides is 2. The first-order valence-electron chi connectivity index (χ1n) is 8.73. The highest BCUT2D eigenvalue weighted by Gasteiger charge is 2.29. The minimum absolute atomic E-state index is 0.0834. The minimum atomic E-state index is -0.657. The van der Waals surface area contributed by atoms with Crippen LogP contribution >= 0.6 is 0 Å². The molecule has 1 N–H and O–H groups in total. The van der Waals surface area contributed by atoms with Gasteiger partial charge in [0, 0.05) is 32.6 Å². The number of carbonyl (C=O) groups is 2. The van der Waals surface area contributed by atoms with Crippen molar-refractivity contribution in [2.75, 3.05) is 32.7 Å². The molecule has 2 amide bonds. The first kappa shape index (κ1) is 18.9. The van der Waals surface area contributed by atoms with E-state index < -0.39 is 6.04 Å². The van der Waals surface area contributed by atoms with Crippen LogP contribution in [0.1, 0.15) is 31.9 Å². The fourth-order valence-corrected chi connectivity index (χ4v) is 2.93. The predicted molar refractivity (Wildman–Crippen MR) is 95.4 cm³/mol. The van der Waals surface area contributed by atoms with E-state index in [9.17, 15) is 9.59 Å². The van der Waals surface area contributed by atoms with Crippen LogP contribution < -0.4 is 5.32 Å². The molecule has 0 aromatic heterocycles. The quantitative estimate of drug-likeness (QED) is 0.796. The summed E-state index contributed by atoms with van der Waals surface area (Å²) >= 11 is 0. The Morgan fingerprint density at radius 3 is 2.36 bits per heavy atom. The first-order chi connectivity index (χ1) is 12.0. The van der Waals surface area contributed by atoms with E-state index in [-0.39, 0.29) is 17.7 Å². The van der Waals surface area contributed by atoms with Crippen LogP contribution in [0.15, 0.2) is 30.3 Å². The summed E-state index contributed by atoms with van der Waals surface area (Å²) < 4.78 is 0. The number of piperazine rings is 1. The van der Waals surface area contributed by atoms with E-state index in [4.69, 9.17) is 5.26 Å². The predicted octanol–water partition coefficient (Wildman–Crippen LogP) is 1.56. The lowest BCUT2D eigenvalue weighted by atomic mass is 10.0. The molecule has 1 aliphatic heterocycles. The highest BCUT2D eigenvalue weighted by Crippen LogP contribution is 2.18. The van der Waals surface area contributed by atoms with Gasteiger partial charge < -0.3 is 10.2 Å². The summed E-state index contributed by atoms with van der Waals surface area (Å²) in [6, 6.07) is 10.8. The van der Waals surface area contributed by atoms with E-state index in [1.165, 1.54) is 0 Å². The molecular weight excluding hydrogens is 316 g/mol. The van der Waals surface area contributed by atoms with Crippen LogP contribution in [0.4, 0.5) is 0 Å². The van der Waals surface area contributed by atoms with E-state index in [2.05, 4.69) is 11.4 Å². The summed E-state index contributed by atoms with van der Waals surface area (Å²) in [7, 11) is 0. The maximum absolute atomic E-state index is 13.0. The highest BCUT2D eigenvalue weighted by atomic mass is 16.2. The number of rotatable bonds is 6. The lowest BCUT2D eigenvalue weighted by Crippen LogP contribution is -2.52. The third-order valence-corrected chi connectivity index (χ3v) is 4.26. The van der Waals surface area contributed by atoms with Gasteiger partial charge in [-0.2, -0.15) is 5.26 Å². The number of nitriles is 1. The summed E-state index contributed by atoms with van der Waals surface area (Å²) in [5.41, 5.74) is 0.795.